The van der Waals surface area contributed by atoms with Gasteiger partial charge in [0.25, 0.3) is 0 Å². The fourth-order valence-electron chi connectivity index (χ4n) is 2.05. The van der Waals surface area contributed by atoms with Crippen molar-refractivity contribution in [2.24, 2.45) is 5.92 Å². The molecule has 1 aromatic rings. The van der Waals surface area contributed by atoms with Crippen molar-refractivity contribution in [1.82, 2.24) is 10.6 Å². The Hall–Kier alpha value is -0.980. The quantitative estimate of drug-likeness (QED) is 0.712. The largest absolute Gasteiger partial charge is 0.493 e. The van der Waals surface area contributed by atoms with Crippen molar-refractivity contribution in [1.29, 1.82) is 0 Å². The Labute approximate surface area is 145 Å². The minimum atomic E-state index is 0. The summed E-state index contributed by atoms with van der Waals surface area (Å²) in [6.07, 6.45) is 2.57. The Balaban J connectivity index is 0.00000242. The zero-order chi connectivity index (χ0) is 15.2. The molecule has 1 aliphatic carbocycles. The van der Waals surface area contributed by atoms with Gasteiger partial charge in [-0.3, -0.25) is 4.79 Å². The van der Waals surface area contributed by atoms with Gasteiger partial charge < -0.3 is 20.1 Å². The topological polar surface area (TPSA) is 59.6 Å². The second-order valence-electron chi connectivity index (χ2n) is 5.16. The van der Waals surface area contributed by atoms with Crippen molar-refractivity contribution >= 4 is 34.2 Å². The SMILES string of the molecule is COc1cc(CNC(=O)CNCC2CC2)cc(Br)c1OC.Cl. The van der Waals surface area contributed by atoms with Gasteiger partial charge in [-0.05, 0) is 58.9 Å². The maximum absolute atomic E-state index is 11.7. The van der Waals surface area contributed by atoms with Crippen LogP contribution in [0.2, 0.25) is 0 Å². The molecule has 0 aliphatic heterocycles. The second-order valence-corrected chi connectivity index (χ2v) is 6.02. The van der Waals surface area contributed by atoms with Gasteiger partial charge in [-0.1, -0.05) is 0 Å². The normalized spacial score (nSPS) is 13.2. The zero-order valence-electron chi connectivity index (χ0n) is 12.8. The highest BCUT2D eigenvalue weighted by Crippen LogP contribution is 2.36. The van der Waals surface area contributed by atoms with Crippen LogP contribution < -0.4 is 20.1 Å². The molecule has 22 heavy (non-hydrogen) atoms. The lowest BCUT2D eigenvalue weighted by molar-refractivity contribution is -0.120. The van der Waals surface area contributed by atoms with Crippen molar-refractivity contribution < 1.29 is 14.3 Å². The van der Waals surface area contributed by atoms with Crippen molar-refractivity contribution in [3.8, 4) is 11.5 Å². The van der Waals surface area contributed by atoms with Gasteiger partial charge in [-0.2, -0.15) is 0 Å². The highest BCUT2D eigenvalue weighted by molar-refractivity contribution is 9.10. The lowest BCUT2D eigenvalue weighted by Crippen LogP contribution is -2.34. The summed E-state index contributed by atoms with van der Waals surface area (Å²) in [4.78, 5) is 11.7. The summed E-state index contributed by atoms with van der Waals surface area (Å²) in [6.45, 7) is 1.77. The van der Waals surface area contributed by atoms with Crippen LogP contribution in [0.1, 0.15) is 18.4 Å². The Kier molecular flexibility index (Phi) is 8.00. The molecule has 1 saturated carbocycles. The first-order valence-corrected chi connectivity index (χ1v) is 7.81. The van der Waals surface area contributed by atoms with Crippen LogP contribution in [0.3, 0.4) is 0 Å². The van der Waals surface area contributed by atoms with Crippen molar-refractivity contribution in [3.63, 3.8) is 0 Å². The van der Waals surface area contributed by atoms with Crippen LogP contribution in [0.25, 0.3) is 0 Å². The number of carbonyl (C=O) groups is 1. The summed E-state index contributed by atoms with van der Waals surface area (Å²) in [7, 11) is 3.18. The molecule has 124 valence electrons. The molecular weight excluding hydrogens is 372 g/mol. The van der Waals surface area contributed by atoms with Crippen LogP contribution in [-0.2, 0) is 11.3 Å². The van der Waals surface area contributed by atoms with Crippen molar-refractivity contribution in [2.45, 2.75) is 19.4 Å². The smallest absolute Gasteiger partial charge is 0.234 e. The van der Waals surface area contributed by atoms with E-state index in [0.717, 1.165) is 22.5 Å². The Morgan fingerprint density at radius 1 is 1.32 bits per heavy atom. The number of hydrogen-bond acceptors (Lipinski definition) is 4. The summed E-state index contributed by atoms with van der Waals surface area (Å²) in [5, 5.41) is 6.06. The van der Waals surface area contributed by atoms with E-state index in [9.17, 15) is 4.79 Å². The van der Waals surface area contributed by atoms with Gasteiger partial charge in [-0.15, -0.1) is 12.4 Å². The first-order chi connectivity index (χ1) is 10.1. The molecule has 2 rings (SSSR count). The summed E-state index contributed by atoms with van der Waals surface area (Å²) in [5.41, 5.74) is 0.954. The number of benzene rings is 1. The summed E-state index contributed by atoms with van der Waals surface area (Å²) in [5.74, 6) is 2.07. The fourth-order valence-corrected chi connectivity index (χ4v) is 2.70. The molecule has 1 fully saturated rings. The third-order valence-electron chi connectivity index (χ3n) is 3.40. The molecule has 0 bridgehead atoms. The highest BCUT2D eigenvalue weighted by atomic mass is 79.9. The number of hydrogen-bond donors (Lipinski definition) is 2. The molecular formula is C15H22BrClN2O3. The molecule has 1 amide bonds. The fraction of sp³-hybridized carbons (Fsp3) is 0.533. The van der Waals surface area contributed by atoms with Gasteiger partial charge in [0.1, 0.15) is 0 Å². The number of methoxy groups -OCH3 is 2. The van der Waals surface area contributed by atoms with E-state index < -0.39 is 0 Å². The maximum Gasteiger partial charge on any atom is 0.234 e. The first kappa shape index (κ1) is 19.1. The predicted octanol–water partition coefficient (Wildman–Crippen LogP) is 2.50. The molecule has 0 spiro atoms. The molecule has 0 unspecified atom stereocenters. The monoisotopic (exact) mass is 392 g/mol. The molecule has 0 saturated heterocycles. The first-order valence-electron chi connectivity index (χ1n) is 7.02. The van der Waals surface area contributed by atoms with Crippen molar-refractivity contribution in [2.75, 3.05) is 27.3 Å². The van der Waals surface area contributed by atoms with E-state index in [2.05, 4.69) is 26.6 Å². The number of halogens is 2. The molecule has 1 aromatic carbocycles. The number of amides is 1. The number of carbonyl (C=O) groups excluding carboxylic acids is 1. The Bertz CT molecular complexity index is 510. The molecule has 7 heteroatoms. The van der Waals surface area contributed by atoms with Gasteiger partial charge >= 0.3 is 0 Å². The molecule has 5 nitrogen and oxygen atoms in total. The third kappa shape index (κ3) is 5.66. The van der Waals surface area contributed by atoms with Gasteiger partial charge in [0.2, 0.25) is 5.91 Å². The van der Waals surface area contributed by atoms with Gasteiger partial charge in [-0.25, -0.2) is 0 Å². The van der Waals surface area contributed by atoms with E-state index in [1.807, 2.05) is 12.1 Å². The minimum absolute atomic E-state index is 0. The average molecular weight is 394 g/mol. The zero-order valence-corrected chi connectivity index (χ0v) is 15.2. The van der Waals surface area contributed by atoms with E-state index >= 15 is 0 Å². The van der Waals surface area contributed by atoms with E-state index in [1.54, 1.807) is 14.2 Å². The minimum Gasteiger partial charge on any atom is -0.493 e. The third-order valence-corrected chi connectivity index (χ3v) is 3.99. The summed E-state index contributed by atoms with van der Waals surface area (Å²) in [6, 6.07) is 3.78. The van der Waals surface area contributed by atoms with Gasteiger partial charge in [0.15, 0.2) is 11.5 Å². The number of nitrogens with one attached hydrogen (secondary N) is 2. The predicted molar refractivity (Wildman–Crippen MR) is 91.9 cm³/mol. The average Bonchev–Trinajstić information content (AvgIpc) is 3.28. The van der Waals surface area contributed by atoms with E-state index in [4.69, 9.17) is 9.47 Å². The lowest BCUT2D eigenvalue weighted by Gasteiger charge is -2.12. The Morgan fingerprint density at radius 3 is 2.64 bits per heavy atom. The molecule has 1 aliphatic rings. The molecule has 0 radical (unpaired) electrons. The Morgan fingerprint density at radius 2 is 2.05 bits per heavy atom. The lowest BCUT2D eigenvalue weighted by atomic mass is 10.2. The maximum atomic E-state index is 11.7. The standard InChI is InChI=1S/C15H21BrN2O3.ClH/c1-20-13-6-11(5-12(16)15(13)21-2)8-18-14(19)9-17-7-10-3-4-10;/h5-6,10,17H,3-4,7-9H2,1-2H3,(H,18,19);1H. The van der Waals surface area contributed by atoms with Crippen LogP contribution in [0.15, 0.2) is 16.6 Å². The summed E-state index contributed by atoms with van der Waals surface area (Å²) < 4.78 is 11.3. The van der Waals surface area contributed by atoms with Crippen LogP contribution in [0.4, 0.5) is 0 Å². The molecule has 0 atom stereocenters. The van der Waals surface area contributed by atoms with Gasteiger partial charge in [0.05, 0.1) is 25.2 Å². The number of ether oxygens (including phenoxy) is 2. The molecule has 0 aromatic heterocycles. The van der Waals surface area contributed by atoms with Crippen LogP contribution in [0, 0.1) is 5.92 Å². The van der Waals surface area contributed by atoms with E-state index in [-0.39, 0.29) is 18.3 Å². The summed E-state index contributed by atoms with van der Waals surface area (Å²) >= 11 is 3.44. The second kappa shape index (κ2) is 9.22. The molecule has 0 heterocycles. The van der Waals surface area contributed by atoms with Crippen molar-refractivity contribution in [3.05, 3.63) is 22.2 Å². The van der Waals surface area contributed by atoms with E-state index in [0.29, 0.717) is 24.6 Å². The highest BCUT2D eigenvalue weighted by Gasteiger charge is 2.20. The van der Waals surface area contributed by atoms with Crippen LogP contribution in [0.5, 0.6) is 11.5 Å². The number of rotatable bonds is 8. The van der Waals surface area contributed by atoms with Crippen LogP contribution >= 0.6 is 28.3 Å². The van der Waals surface area contributed by atoms with Gasteiger partial charge in [0, 0.05) is 6.54 Å². The van der Waals surface area contributed by atoms with E-state index in [1.165, 1.54) is 12.8 Å². The molecule has 2 N–H and O–H groups in total. The van der Waals surface area contributed by atoms with Crippen LogP contribution in [-0.4, -0.2) is 33.2 Å².